The van der Waals surface area contributed by atoms with Crippen molar-refractivity contribution in [1.82, 2.24) is 0 Å². The summed E-state index contributed by atoms with van der Waals surface area (Å²) in [5.74, 6) is -0.208. The first-order valence-electron chi connectivity index (χ1n) is 4.77. The predicted molar refractivity (Wildman–Crippen MR) is 63.5 cm³/mol. The molecule has 1 aromatic carbocycles. The second kappa shape index (κ2) is 5.25. The zero-order valence-corrected chi connectivity index (χ0v) is 9.00. The molecule has 15 heavy (non-hydrogen) atoms. The summed E-state index contributed by atoms with van der Waals surface area (Å²) >= 11 is 0. The molecule has 0 aliphatic rings. The van der Waals surface area contributed by atoms with Crippen molar-refractivity contribution < 1.29 is 4.39 Å². The van der Waals surface area contributed by atoms with E-state index >= 15 is 0 Å². The second-order valence-electron chi connectivity index (χ2n) is 3.15. The molecule has 0 N–H and O–H groups in total. The fourth-order valence-electron chi connectivity index (χ4n) is 1.20. The van der Waals surface area contributed by atoms with Gasteiger partial charge in [0.15, 0.2) is 0 Å². The third-order valence-corrected chi connectivity index (χ3v) is 2.06. The Hall–Kier alpha value is -1.70. The summed E-state index contributed by atoms with van der Waals surface area (Å²) in [7, 11) is 0. The van der Waals surface area contributed by atoms with Crippen molar-refractivity contribution in [2.45, 2.75) is 13.8 Å². The Morgan fingerprint density at radius 2 is 2.20 bits per heavy atom. The van der Waals surface area contributed by atoms with Crippen LogP contribution in [-0.2, 0) is 0 Å². The van der Waals surface area contributed by atoms with Gasteiger partial charge in [-0.3, -0.25) is 4.99 Å². The lowest BCUT2D eigenvalue weighted by Crippen LogP contribution is -1.87. The van der Waals surface area contributed by atoms with Crippen molar-refractivity contribution in [1.29, 1.82) is 0 Å². The molecule has 78 valence electrons. The molecule has 0 heterocycles. The number of rotatable bonds is 3. The Morgan fingerprint density at radius 3 is 2.73 bits per heavy atom. The molecule has 0 spiro atoms. The van der Waals surface area contributed by atoms with Crippen LogP contribution in [0.2, 0.25) is 0 Å². The van der Waals surface area contributed by atoms with E-state index in [0.717, 1.165) is 11.3 Å². The van der Waals surface area contributed by atoms with E-state index in [4.69, 9.17) is 0 Å². The number of allylic oxidation sites excluding steroid dienone is 2. The largest absolute Gasteiger partial charge is 0.257 e. The van der Waals surface area contributed by atoms with Gasteiger partial charge >= 0.3 is 0 Å². The van der Waals surface area contributed by atoms with Gasteiger partial charge in [-0.1, -0.05) is 30.9 Å². The molecule has 1 aromatic rings. The summed E-state index contributed by atoms with van der Waals surface area (Å²) < 4.78 is 13.3. The van der Waals surface area contributed by atoms with Gasteiger partial charge in [0.1, 0.15) is 5.82 Å². The average Bonchev–Trinajstić information content (AvgIpc) is 2.24. The molecule has 1 rings (SSSR count). The van der Waals surface area contributed by atoms with Crippen molar-refractivity contribution in [3.63, 3.8) is 0 Å². The van der Waals surface area contributed by atoms with E-state index in [1.54, 1.807) is 25.3 Å². The van der Waals surface area contributed by atoms with Crippen LogP contribution in [0.15, 0.2) is 41.9 Å². The first-order chi connectivity index (χ1) is 7.19. The standard InChI is InChI=1S/C13H14FN/c1-4-8-15-13(5-2)11-7-6-10(3)12(14)9-11/h4-9H,1H2,2-3H3/b13-5-,15-8?. The molecular formula is C13H14FN. The highest BCUT2D eigenvalue weighted by Crippen LogP contribution is 2.18. The highest BCUT2D eigenvalue weighted by Gasteiger charge is 2.02. The van der Waals surface area contributed by atoms with Gasteiger partial charge in [-0.15, -0.1) is 0 Å². The second-order valence-corrected chi connectivity index (χ2v) is 3.15. The lowest BCUT2D eigenvalue weighted by atomic mass is 10.1. The first-order valence-corrected chi connectivity index (χ1v) is 4.77. The molecule has 0 saturated heterocycles. The first kappa shape index (κ1) is 11.4. The molecule has 0 aliphatic carbocycles. The third kappa shape index (κ3) is 2.88. The highest BCUT2D eigenvalue weighted by atomic mass is 19.1. The predicted octanol–water partition coefficient (Wildman–Crippen LogP) is 3.75. The van der Waals surface area contributed by atoms with E-state index in [9.17, 15) is 4.39 Å². The third-order valence-electron chi connectivity index (χ3n) is 2.06. The molecule has 0 saturated carbocycles. The van der Waals surface area contributed by atoms with Gasteiger partial charge in [-0.25, -0.2) is 4.39 Å². The number of nitrogens with zero attached hydrogens (tertiary/aromatic N) is 1. The van der Waals surface area contributed by atoms with Gasteiger partial charge < -0.3 is 0 Å². The molecule has 0 bridgehead atoms. The van der Waals surface area contributed by atoms with Gasteiger partial charge in [0.25, 0.3) is 0 Å². The minimum absolute atomic E-state index is 0.208. The SMILES string of the molecule is C=CC=N/C(=C\C)c1ccc(C)c(F)c1. The lowest BCUT2D eigenvalue weighted by molar-refractivity contribution is 0.618. The molecular weight excluding hydrogens is 189 g/mol. The Labute approximate surface area is 89.7 Å². The summed E-state index contributed by atoms with van der Waals surface area (Å²) in [5, 5.41) is 0. The monoisotopic (exact) mass is 203 g/mol. The van der Waals surface area contributed by atoms with Crippen LogP contribution in [0, 0.1) is 12.7 Å². The van der Waals surface area contributed by atoms with Gasteiger partial charge in [0, 0.05) is 11.8 Å². The minimum atomic E-state index is -0.208. The van der Waals surface area contributed by atoms with E-state index < -0.39 is 0 Å². The van der Waals surface area contributed by atoms with Crippen LogP contribution in [0.1, 0.15) is 18.1 Å². The van der Waals surface area contributed by atoms with Gasteiger partial charge in [0.2, 0.25) is 0 Å². The molecule has 0 aromatic heterocycles. The molecule has 0 aliphatic heterocycles. The maximum absolute atomic E-state index is 13.3. The summed E-state index contributed by atoms with van der Waals surface area (Å²) in [5.41, 5.74) is 2.16. The smallest absolute Gasteiger partial charge is 0.126 e. The Morgan fingerprint density at radius 1 is 1.47 bits per heavy atom. The molecule has 0 fully saturated rings. The Kier molecular flexibility index (Phi) is 3.98. The minimum Gasteiger partial charge on any atom is -0.257 e. The van der Waals surface area contributed by atoms with Crippen LogP contribution in [-0.4, -0.2) is 6.21 Å². The van der Waals surface area contributed by atoms with Crippen LogP contribution in [0.5, 0.6) is 0 Å². The van der Waals surface area contributed by atoms with Crippen molar-refractivity contribution in [3.05, 3.63) is 53.9 Å². The van der Waals surface area contributed by atoms with Crippen LogP contribution >= 0.6 is 0 Å². The van der Waals surface area contributed by atoms with Crippen LogP contribution < -0.4 is 0 Å². The number of halogens is 1. The average molecular weight is 203 g/mol. The summed E-state index contributed by atoms with van der Waals surface area (Å²) in [4.78, 5) is 4.15. The maximum atomic E-state index is 13.3. The number of aryl methyl sites for hydroxylation is 1. The normalized spacial score (nSPS) is 12.1. The summed E-state index contributed by atoms with van der Waals surface area (Å²) in [6, 6.07) is 5.09. The Bertz CT molecular complexity index is 417. The number of benzene rings is 1. The van der Waals surface area contributed by atoms with Gasteiger partial charge in [-0.05, 0) is 25.5 Å². The number of aliphatic imine (C=N–C) groups is 1. The fraction of sp³-hybridized carbons (Fsp3) is 0.154. The molecule has 0 amide bonds. The quantitative estimate of drug-likeness (QED) is 0.663. The number of hydrogen-bond acceptors (Lipinski definition) is 1. The van der Waals surface area contributed by atoms with E-state index in [0.29, 0.717) is 5.56 Å². The summed E-state index contributed by atoms with van der Waals surface area (Å²) in [6.07, 6.45) is 5.02. The molecule has 0 unspecified atom stereocenters. The highest BCUT2D eigenvalue weighted by molar-refractivity contribution is 5.79. The van der Waals surface area contributed by atoms with Crippen molar-refractivity contribution in [2.75, 3.05) is 0 Å². The molecule has 0 atom stereocenters. The van der Waals surface area contributed by atoms with Crippen molar-refractivity contribution in [3.8, 4) is 0 Å². The molecule has 2 heteroatoms. The van der Waals surface area contributed by atoms with Gasteiger partial charge in [0.05, 0.1) is 5.70 Å². The van der Waals surface area contributed by atoms with Crippen molar-refractivity contribution >= 4 is 11.9 Å². The van der Waals surface area contributed by atoms with Crippen LogP contribution in [0.3, 0.4) is 0 Å². The van der Waals surface area contributed by atoms with E-state index in [1.807, 2.05) is 19.1 Å². The van der Waals surface area contributed by atoms with Crippen LogP contribution in [0.25, 0.3) is 5.70 Å². The zero-order valence-electron chi connectivity index (χ0n) is 9.00. The number of hydrogen-bond donors (Lipinski definition) is 0. The maximum Gasteiger partial charge on any atom is 0.126 e. The van der Waals surface area contributed by atoms with E-state index in [2.05, 4.69) is 11.6 Å². The zero-order chi connectivity index (χ0) is 11.3. The molecule has 1 nitrogen and oxygen atoms in total. The summed E-state index contributed by atoms with van der Waals surface area (Å²) in [6.45, 7) is 7.15. The van der Waals surface area contributed by atoms with Crippen LogP contribution in [0.4, 0.5) is 4.39 Å². The van der Waals surface area contributed by atoms with E-state index in [-0.39, 0.29) is 5.82 Å². The topological polar surface area (TPSA) is 12.4 Å². The molecule has 0 radical (unpaired) electrons. The van der Waals surface area contributed by atoms with E-state index in [1.165, 1.54) is 6.07 Å². The fourth-order valence-corrected chi connectivity index (χ4v) is 1.20. The Balaban J connectivity index is 3.09. The lowest BCUT2D eigenvalue weighted by Gasteiger charge is -2.03. The van der Waals surface area contributed by atoms with Gasteiger partial charge in [-0.2, -0.15) is 0 Å². The van der Waals surface area contributed by atoms with Crippen molar-refractivity contribution in [2.24, 2.45) is 4.99 Å².